The molecule has 0 aliphatic rings. The number of hydrogen-bond donors (Lipinski definition) is 2. The third-order valence-corrected chi connectivity index (χ3v) is 11.0. The minimum atomic E-state index is -2.94. The molecule has 5 rings (SSSR count). The largest absolute Gasteiger partial charge is 0.397 e. The minimum absolute atomic E-state index is 0.211. The number of nitrogens with zero attached hydrogens (tertiary/aromatic N) is 1. The van der Waals surface area contributed by atoms with Gasteiger partial charge in [0.05, 0.1) is 11.4 Å². The summed E-state index contributed by atoms with van der Waals surface area (Å²) in [5.41, 5.74) is 8.93. The first-order valence-corrected chi connectivity index (χ1v) is 15.9. The molecule has 0 unspecified atom stereocenters. The smallest absolute Gasteiger partial charge is 0.255 e. The molecule has 0 aliphatic heterocycles. The molecule has 0 saturated heterocycles. The Morgan fingerprint density at radius 1 is 0.805 bits per heavy atom. The molecule has 0 fully saturated rings. The Hall–Kier alpha value is -4.45. The zero-order valence-electron chi connectivity index (χ0n) is 22.6. The van der Waals surface area contributed by atoms with Gasteiger partial charge in [-0.3, -0.25) is 9.59 Å². The first-order valence-electron chi connectivity index (χ1n) is 13.2. The van der Waals surface area contributed by atoms with Crippen molar-refractivity contribution in [2.45, 2.75) is 0 Å². The van der Waals surface area contributed by atoms with Gasteiger partial charge in [0, 0.05) is 46.4 Å². The second-order valence-electron chi connectivity index (χ2n) is 9.67. The standard InChI is InChI=1S/C33H30N3O3PS/c1-36(20-21-40(39,27-9-4-2-5-10-27)28-11-6-3-7-12-28)33(38)25-16-14-24(15-17-25)32(37)35-30-23-26(18-19-29(30)34)31-13-8-22-41-31/h2-19,22-23H,20-21,34H2,1H3,(H,35,37). The fourth-order valence-electron chi connectivity index (χ4n) is 4.58. The van der Waals surface area contributed by atoms with Crippen LogP contribution in [0.15, 0.2) is 121 Å². The number of nitrogens with two attached hydrogens (primary N) is 1. The summed E-state index contributed by atoms with van der Waals surface area (Å²) in [5.74, 6) is -0.531. The minimum Gasteiger partial charge on any atom is -0.397 e. The SMILES string of the molecule is CN(CCP(=O)(c1ccccc1)c1ccccc1)C(=O)c1ccc(C(=O)Nc2cc(-c3cccs3)ccc2N)cc1. The zero-order chi connectivity index (χ0) is 28.8. The van der Waals surface area contributed by atoms with E-state index in [1.807, 2.05) is 90.3 Å². The van der Waals surface area contributed by atoms with E-state index in [1.54, 1.807) is 53.6 Å². The maximum Gasteiger partial charge on any atom is 0.255 e. The van der Waals surface area contributed by atoms with Gasteiger partial charge in [0.2, 0.25) is 0 Å². The average molecular weight is 580 g/mol. The Kier molecular flexibility index (Phi) is 8.48. The van der Waals surface area contributed by atoms with Crippen molar-refractivity contribution in [2.75, 3.05) is 30.8 Å². The topological polar surface area (TPSA) is 92.5 Å². The van der Waals surface area contributed by atoms with E-state index in [4.69, 9.17) is 5.73 Å². The van der Waals surface area contributed by atoms with Crippen LogP contribution in [0.1, 0.15) is 20.7 Å². The lowest BCUT2D eigenvalue weighted by Gasteiger charge is -2.23. The van der Waals surface area contributed by atoms with E-state index in [1.165, 1.54) is 0 Å². The molecular weight excluding hydrogens is 549 g/mol. The van der Waals surface area contributed by atoms with Gasteiger partial charge in [0.15, 0.2) is 0 Å². The summed E-state index contributed by atoms with van der Waals surface area (Å²) in [5, 5.41) is 6.41. The Morgan fingerprint density at radius 2 is 1.41 bits per heavy atom. The monoisotopic (exact) mass is 579 g/mol. The molecule has 0 atom stereocenters. The van der Waals surface area contributed by atoms with Crippen LogP contribution in [-0.2, 0) is 4.57 Å². The van der Waals surface area contributed by atoms with Gasteiger partial charge in [0.25, 0.3) is 11.8 Å². The predicted molar refractivity (Wildman–Crippen MR) is 170 cm³/mol. The van der Waals surface area contributed by atoms with Crippen LogP contribution >= 0.6 is 18.5 Å². The molecule has 1 aromatic heterocycles. The van der Waals surface area contributed by atoms with Crippen LogP contribution < -0.4 is 21.7 Å². The Bertz CT molecular complexity index is 1650. The van der Waals surface area contributed by atoms with Crippen LogP contribution in [0.25, 0.3) is 10.4 Å². The van der Waals surface area contributed by atoms with Crippen LogP contribution in [0.5, 0.6) is 0 Å². The summed E-state index contributed by atoms with van der Waals surface area (Å²) in [4.78, 5) is 28.8. The predicted octanol–water partition coefficient (Wildman–Crippen LogP) is 6.34. The molecule has 206 valence electrons. The number of rotatable bonds is 9. The van der Waals surface area contributed by atoms with E-state index in [0.717, 1.165) is 21.0 Å². The quantitative estimate of drug-likeness (QED) is 0.158. The number of hydrogen-bond acceptors (Lipinski definition) is 5. The van der Waals surface area contributed by atoms with Gasteiger partial charge in [-0.2, -0.15) is 0 Å². The number of nitrogen functional groups attached to an aromatic ring is 1. The summed E-state index contributed by atoms with van der Waals surface area (Å²) in [6.45, 7) is 0.308. The van der Waals surface area contributed by atoms with Crippen molar-refractivity contribution in [1.82, 2.24) is 4.90 Å². The second kappa shape index (κ2) is 12.4. The van der Waals surface area contributed by atoms with Crippen LogP contribution in [0.3, 0.4) is 0 Å². The number of carbonyl (C=O) groups is 2. The summed E-state index contributed by atoms with van der Waals surface area (Å²) in [7, 11) is -1.24. The molecule has 2 amide bonds. The van der Waals surface area contributed by atoms with Gasteiger partial charge in [-0.05, 0) is 53.4 Å². The van der Waals surface area contributed by atoms with Gasteiger partial charge in [0.1, 0.15) is 7.14 Å². The number of benzene rings is 4. The summed E-state index contributed by atoms with van der Waals surface area (Å²) >= 11 is 1.61. The molecule has 1 heterocycles. The highest BCUT2D eigenvalue weighted by Gasteiger charge is 2.28. The summed E-state index contributed by atoms with van der Waals surface area (Å²) in [6, 6.07) is 34.9. The molecule has 6 nitrogen and oxygen atoms in total. The fraction of sp³-hybridized carbons (Fsp3) is 0.0909. The molecule has 0 radical (unpaired) electrons. The van der Waals surface area contributed by atoms with E-state index in [2.05, 4.69) is 5.32 Å². The normalized spacial score (nSPS) is 11.1. The van der Waals surface area contributed by atoms with Crippen LogP contribution in [0, 0.1) is 0 Å². The third-order valence-electron chi connectivity index (χ3n) is 6.94. The third kappa shape index (κ3) is 6.32. The van der Waals surface area contributed by atoms with Crippen molar-refractivity contribution in [3.63, 3.8) is 0 Å². The molecule has 0 bridgehead atoms. The highest BCUT2D eigenvalue weighted by Crippen LogP contribution is 2.43. The van der Waals surface area contributed by atoms with Crippen molar-refractivity contribution < 1.29 is 14.2 Å². The number of nitrogens with one attached hydrogen (secondary N) is 1. The average Bonchev–Trinajstić information content (AvgIpc) is 3.56. The van der Waals surface area contributed by atoms with Gasteiger partial charge < -0.3 is 20.5 Å². The van der Waals surface area contributed by atoms with Crippen LogP contribution in [0.4, 0.5) is 11.4 Å². The number of thiophene rings is 1. The highest BCUT2D eigenvalue weighted by molar-refractivity contribution is 7.78. The Labute approximate surface area is 243 Å². The summed E-state index contributed by atoms with van der Waals surface area (Å²) < 4.78 is 14.3. The lowest BCUT2D eigenvalue weighted by molar-refractivity contribution is 0.0802. The van der Waals surface area contributed by atoms with Crippen LogP contribution in [0.2, 0.25) is 0 Å². The maximum atomic E-state index is 14.3. The van der Waals surface area contributed by atoms with Gasteiger partial charge in [-0.1, -0.05) is 72.8 Å². The molecule has 0 saturated carbocycles. The van der Waals surface area contributed by atoms with E-state index < -0.39 is 7.14 Å². The number of amides is 2. The molecule has 0 spiro atoms. The number of carbonyl (C=O) groups excluding carboxylic acids is 2. The van der Waals surface area contributed by atoms with E-state index in [-0.39, 0.29) is 11.8 Å². The van der Waals surface area contributed by atoms with Gasteiger partial charge in [-0.15, -0.1) is 11.3 Å². The van der Waals surface area contributed by atoms with Crippen LogP contribution in [-0.4, -0.2) is 36.5 Å². The van der Waals surface area contributed by atoms with E-state index in [0.29, 0.717) is 35.2 Å². The van der Waals surface area contributed by atoms with Crippen molar-refractivity contribution in [2.24, 2.45) is 0 Å². The molecule has 3 N–H and O–H groups in total. The van der Waals surface area contributed by atoms with Gasteiger partial charge >= 0.3 is 0 Å². The van der Waals surface area contributed by atoms with Gasteiger partial charge in [-0.25, -0.2) is 0 Å². The first-order chi connectivity index (χ1) is 19.8. The second-order valence-corrected chi connectivity index (χ2v) is 13.6. The van der Waals surface area contributed by atoms with Crippen molar-refractivity contribution in [1.29, 1.82) is 0 Å². The zero-order valence-corrected chi connectivity index (χ0v) is 24.3. The molecule has 41 heavy (non-hydrogen) atoms. The molecule has 0 aliphatic carbocycles. The Balaban J connectivity index is 1.26. The molecule has 8 heteroatoms. The molecular formula is C33H30N3O3PS. The molecule has 5 aromatic rings. The van der Waals surface area contributed by atoms with E-state index >= 15 is 0 Å². The first kappa shape index (κ1) is 28.1. The summed E-state index contributed by atoms with van der Waals surface area (Å²) in [6.07, 6.45) is 0.315. The van der Waals surface area contributed by atoms with E-state index in [9.17, 15) is 14.2 Å². The fourth-order valence-corrected chi connectivity index (χ4v) is 8.00. The van der Waals surface area contributed by atoms with Crippen molar-refractivity contribution in [3.05, 3.63) is 132 Å². The molecule has 4 aromatic carbocycles. The van der Waals surface area contributed by atoms with Crippen molar-refractivity contribution in [3.8, 4) is 10.4 Å². The number of anilines is 2. The maximum absolute atomic E-state index is 14.3. The lowest BCUT2D eigenvalue weighted by Crippen LogP contribution is -2.32. The lowest BCUT2D eigenvalue weighted by atomic mass is 10.1. The highest BCUT2D eigenvalue weighted by atomic mass is 32.1. The Morgan fingerprint density at radius 3 is 2.00 bits per heavy atom. The van der Waals surface area contributed by atoms with Crippen molar-refractivity contribution >= 4 is 52.3 Å².